The van der Waals surface area contributed by atoms with Gasteiger partial charge in [0.2, 0.25) is 0 Å². The van der Waals surface area contributed by atoms with Crippen LogP contribution >= 0.6 is 0 Å². The monoisotopic (exact) mass is 398 g/mol. The lowest BCUT2D eigenvalue weighted by Gasteiger charge is -2.36. The Kier molecular flexibility index (Phi) is 4.59. The number of hydrogen-bond acceptors (Lipinski definition) is 3. The normalized spacial score (nSPS) is 22.8. The fourth-order valence-electron chi connectivity index (χ4n) is 4.59. The standard InChI is InChI=1S/C23H30N2O2S/c1-16-6-11-21-19(14-16)20-15-24(5)13-12-22(20)25(21)28(26,27)18-9-7-17(8-10-18)23(2,3)4/h6-11,14,20,22H,12-13,15H2,1-5H3/t20-,22-/m1/s1. The zero-order valence-corrected chi connectivity index (χ0v) is 18.3. The van der Waals surface area contributed by atoms with E-state index >= 15 is 0 Å². The van der Waals surface area contributed by atoms with Gasteiger partial charge in [-0.1, -0.05) is 50.6 Å². The lowest BCUT2D eigenvalue weighted by molar-refractivity contribution is 0.237. The molecule has 150 valence electrons. The molecular formula is C23H30N2O2S. The van der Waals surface area contributed by atoms with Crippen LogP contribution in [-0.4, -0.2) is 39.5 Å². The fourth-order valence-corrected chi connectivity index (χ4v) is 6.33. The first-order chi connectivity index (χ1) is 13.1. The molecule has 5 heteroatoms. The highest BCUT2D eigenvalue weighted by Crippen LogP contribution is 2.47. The van der Waals surface area contributed by atoms with Crippen molar-refractivity contribution in [3.8, 4) is 0 Å². The van der Waals surface area contributed by atoms with Crippen molar-refractivity contribution in [2.75, 3.05) is 24.4 Å². The van der Waals surface area contributed by atoms with Crippen molar-refractivity contribution in [2.45, 2.75) is 56.4 Å². The summed E-state index contributed by atoms with van der Waals surface area (Å²) >= 11 is 0. The van der Waals surface area contributed by atoms with Crippen molar-refractivity contribution in [1.82, 2.24) is 4.90 Å². The number of nitrogens with zero attached hydrogens (tertiary/aromatic N) is 2. The summed E-state index contributed by atoms with van der Waals surface area (Å²) in [6.07, 6.45) is 0.855. The number of benzene rings is 2. The Balaban J connectivity index is 1.79. The van der Waals surface area contributed by atoms with E-state index < -0.39 is 10.0 Å². The molecular weight excluding hydrogens is 368 g/mol. The molecule has 2 aliphatic rings. The largest absolute Gasteiger partial charge is 0.306 e. The Morgan fingerprint density at radius 3 is 2.36 bits per heavy atom. The van der Waals surface area contributed by atoms with Gasteiger partial charge in [-0.05, 0) is 61.7 Å². The molecule has 0 aliphatic carbocycles. The van der Waals surface area contributed by atoms with Gasteiger partial charge >= 0.3 is 0 Å². The van der Waals surface area contributed by atoms with E-state index in [1.807, 2.05) is 24.3 Å². The van der Waals surface area contributed by atoms with E-state index in [1.54, 1.807) is 16.4 Å². The second-order valence-corrected chi connectivity index (χ2v) is 11.2. The molecule has 0 aromatic heterocycles. The summed E-state index contributed by atoms with van der Waals surface area (Å²) < 4.78 is 29.1. The van der Waals surface area contributed by atoms with Crippen molar-refractivity contribution in [1.29, 1.82) is 0 Å². The first kappa shape index (κ1) is 19.5. The average molecular weight is 399 g/mol. The quantitative estimate of drug-likeness (QED) is 0.758. The molecule has 1 saturated heterocycles. The van der Waals surface area contributed by atoms with Crippen molar-refractivity contribution in [3.05, 3.63) is 59.2 Å². The van der Waals surface area contributed by atoms with Crippen LogP contribution in [0.2, 0.25) is 0 Å². The summed E-state index contributed by atoms with van der Waals surface area (Å²) in [7, 11) is -1.48. The molecule has 1 fully saturated rings. The fraction of sp³-hybridized carbons (Fsp3) is 0.478. The first-order valence-corrected chi connectivity index (χ1v) is 11.5. The lowest BCUT2D eigenvalue weighted by Crippen LogP contribution is -2.47. The highest BCUT2D eigenvalue weighted by molar-refractivity contribution is 7.92. The molecule has 4 nitrogen and oxygen atoms in total. The second-order valence-electron chi connectivity index (χ2n) is 9.36. The van der Waals surface area contributed by atoms with Crippen LogP contribution in [0.15, 0.2) is 47.4 Å². The minimum absolute atomic E-state index is 0.000271. The summed E-state index contributed by atoms with van der Waals surface area (Å²) in [5.74, 6) is 0.234. The summed E-state index contributed by atoms with van der Waals surface area (Å²) in [6.45, 7) is 10.3. The Bertz CT molecular complexity index is 990. The van der Waals surface area contributed by atoms with E-state index in [0.29, 0.717) is 4.90 Å². The van der Waals surface area contributed by atoms with Crippen LogP contribution in [0, 0.1) is 6.92 Å². The third-order valence-electron chi connectivity index (χ3n) is 6.18. The number of rotatable bonds is 2. The summed E-state index contributed by atoms with van der Waals surface area (Å²) in [5.41, 5.74) is 4.35. The van der Waals surface area contributed by atoms with Gasteiger partial charge in [0, 0.05) is 12.5 Å². The van der Waals surface area contributed by atoms with E-state index in [0.717, 1.165) is 30.8 Å². The molecule has 4 rings (SSSR count). The van der Waals surface area contributed by atoms with Crippen LogP contribution in [0.25, 0.3) is 0 Å². The number of likely N-dealkylation sites (tertiary alicyclic amines) is 1. The van der Waals surface area contributed by atoms with Crippen LogP contribution in [0.5, 0.6) is 0 Å². The molecule has 0 amide bonds. The Hall–Kier alpha value is -1.85. The maximum Gasteiger partial charge on any atom is 0.264 e. The molecule has 0 N–H and O–H groups in total. The summed E-state index contributed by atoms with van der Waals surface area (Å²) in [5, 5.41) is 0. The number of fused-ring (bicyclic) bond motifs is 3. The molecule has 0 saturated carbocycles. The molecule has 0 bridgehead atoms. The van der Waals surface area contributed by atoms with Gasteiger partial charge in [0.15, 0.2) is 0 Å². The van der Waals surface area contributed by atoms with Gasteiger partial charge in [-0.15, -0.1) is 0 Å². The van der Waals surface area contributed by atoms with Gasteiger partial charge in [-0.25, -0.2) is 8.42 Å². The molecule has 2 aromatic rings. The number of sulfonamides is 1. The third kappa shape index (κ3) is 3.15. The molecule has 0 radical (unpaired) electrons. The zero-order valence-electron chi connectivity index (χ0n) is 17.4. The second kappa shape index (κ2) is 6.60. The SMILES string of the molecule is Cc1ccc2c(c1)[C@H]1CN(C)CC[C@H]1N2S(=O)(=O)c1ccc(C(C)(C)C)cc1. The maximum absolute atomic E-state index is 13.7. The van der Waals surface area contributed by atoms with Gasteiger partial charge in [0.25, 0.3) is 10.0 Å². The van der Waals surface area contributed by atoms with Crippen LogP contribution in [0.1, 0.15) is 49.8 Å². The predicted molar refractivity (Wildman–Crippen MR) is 115 cm³/mol. The Labute approximate surface area is 169 Å². The molecule has 0 spiro atoms. The van der Waals surface area contributed by atoms with E-state index in [4.69, 9.17) is 0 Å². The topological polar surface area (TPSA) is 40.6 Å². The van der Waals surface area contributed by atoms with E-state index in [-0.39, 0.29) is 17.4 Å². The first-order valence-electron chi connectivity index (χ1n) is 10.0. The van der Waals surface area contributed by atoms with Crippen LogP contribution in [0.4, 0.5) is 5.69 Å². The number of likely N-dealkylation sites (N-methyl/N-ethyl adjacent to an activating group) is 1. The zero-order chi connectivity index (χ0) is 20.3. The lowest BCUT2D eigenvalue weighted by atomic mass is 9.87. The summed E-state index contributed by atoms with van der Waals surface area (Å²) in [4.78, 5) is 2.69. The average Bonchev–Trinajstić information content (AvgIpc) is 2.95. The highest BCUT2D eigenvalue weighted by atomic mass is 32.2. The Morgan fingerprint density at radius 1 is 1.04 bits per heavy atom. The molecule has 2 heterocycles. The maximum atomic E-state index is 13.7. The highest BCUT2D eigenvalue weighted by Gasteiger charge is 2.46. The van der Waals surface area contributed by atoms with Gasteiger partial charge in [0.1, 0.15) is 0 Å². The van der Waals surface area contributed by atoms with Crippen molar-refractivity contribution in [3.63, 3.8) is 0 Å². The van der Waals surface area contributed by atoms with Gasteiger partial charge in [0.05, 0.1) is 16.6 Å². The number of anilines is 1. The van der Waals surface area contributed by atoms with Crippen molar-refractivity contribution in [2.24, 2.45) is 0 Å². The van der Waals surface area contributed by atoms with Crippen LogP contribution < -0.4 is 4.31 Å². The smallest absolute Gasteiger partial charge is 0.264 e. The Morgan fingerprint density at radius 2 is 1.71 bits per heavy atom. The van der Waals surface area contributed by atoms with E-state index in [9.17, 15) is 8.42 Å². The van der Waals surface area contributed by atoms with Gasteiger partial charge in [-0.2, -0.15) is 0 Å². The minimum atomic E-state index is -3.60. The number of hydrogen-bond donors (Lipinski definition) is 0. The minimum Gasteiger partial charge on any atom is -0.306 e. The van der Waals surface area contributed by atoms with E-state index in [2.05, 4.69) is 45.7 Å². The summed E-state index contributed by atoms with van der Waals surface area (Å²) in [6, 6.07) is 13.6. The van der Waals surface area contributed by atoms with Gasteiger partial charge in [-0.3, -0.25) is 4.31 Å². The molecule has 2 aliphatic heterocycles. The predicted octanol–water partition coefficient (Wildman–Crippen LogP) is 4.29. The van der Waals surface area contributed by atoms with E-state index in [1.165, 1.54) is 11.1 Å². The third-order valence-corrected chi connectivity index (χ3v) is 8.03. The number of aryl methyl sites for hydroxylation is 1. The van der Waals surface area contributed by atoms with Gasteiger partial charge < -0.3 is 4.90 Å². The van der Waals surface area contributed by atoms with Crippen molar-refractivity contribution >= 4 is 15.7 Å². The number of piperidine rings is 1. The molecule has 28 heavy (non-hydrogen) atoms. The van der Waals surface area contributed by atoms with Crippen molar-refractivity contribution < 1.29 is 8.42 Å². The molecule has 0 unspecified atom stereocenters. The molecule has 2 atom stereocenters. The van der Waals surface area contributed by atoms with Crippen LogP contribution in [0.3, 0.4) is 0 Å². The van der Waals surface area contributed by atoms with Crippen LogP contribution in [-0.2, 0) is 15.4 Å². The molecule has 2 aromatic carbocycles.